The largest absolute Gasteiger partial charge is 0.331 e. The van der Waals surface area contributed by atoms with Crippen LogP contribution < -0.4 is 5.43 Å². The standard InChI is InChI=1S/C6H12BrN3/c1-2-3-4-10-5-8-9-6(10)7/h5-6,9H,2-4H2,1H3. The van der Waals surface area contributed by atoms with Crippen molar-refractivity contribution in [1.82, 2.24) is 10.3 Å². The van der Waals surface area contributed by atoms with Gasteiger partial charge in [0.25, 0.3) is 0 Å². The Labute approximate surface area is 69.6 Å². The number of alkyl halides is 1. The lowest BCUT2D eigenvalue weighted by Gasteiger charge is -2.17. The van der Waals surface area contributed by atoms with E-state index >= 15 is 0 Å². The van der Waals surface area contributed by atoms with Crippen molar-refractivity contribution in [2.24, 2.45) is 5.10 Å². The second-order valence-electron chi connectivity index (χ2n) is 2.30. The summed E-state index contributed by atoms with van der Waals surface area (Å²) in [5.41, 5.74) is 2.89. The summed E-state index contributed by atoms with van der Waals surface area (Å²) in [4.78, 5) is 2.13. The van der Waals surface area contributed by atoms with Gasteiger partial charge in [0.2, 0.25) is 0 Å². The van der Waals surface area contributed by atoms with Crippen molar-refractivity contribution in [1.29, 1.82) is 0 Å². The van der Waals surface area contributed by atoms with E-state index < -0.39 is 0 Å². The van der Waals surface area contributed by atoms with E-state index in [2.05, 4.69) is 38.3 Å². The third kappa shape index (κ3) is 1.87. The minimum absolute atomic E-state index is 0.207. The predicted molar refractivity (Wildman–Crippen MR) is 46.0 cm³/mol. The second-order valence-corrected chi connectivity index (χ2v) is 3.17. The van der Waals surface area contributed by atoms with Crippen LogP contribution in [-0.4, -0.2) is 22.9 Å². The van der Waals surface area contributed by atoms with Gasteiger partial charge in [-0.15, -0.1) is 0 Å². The summed E-state index contributed by atoms with van der Waals surface area (Å²) in [5.74, 6) is 0. The molecule has 0 aromatic carbocycles. The lowest BCUT2D eigenvalue weighted by Crippen LogP contribution is -2.31. The molecule has 0 bridgehead atoms. The Kier molecular flexibility index (Phi) is 2.99. The molecule has 0 aromatic heterocycles. The molecule has 1 atom stereocenters. The van der Waals surface area contributed by atoms with Gasteiger partial charge in [-0.2, -0.15) is 5.10 Å². The molecule has 0 saturated heterocycles. The maximum absolute atomic E-state index is 3.90. The molecule has 1 aliphatic rings. The summed E-state index contributed by atoms with van der Waals surface area (Å²) in [6.45, 7) is 3.26. The molecule has 0 aromatic rings. The summed E-state index contributed by atoms with van der Waals surface area (Å²) in [6.07, 6.45) is 4.27. The van der Waals surface area contributed by atoms with Crippen molar-refractivity contribution < 1.29 is 0 Å². The van der Waals surface area contributed by atoms with Crippen LogP contribution in [0.4, 0.5) is 0 Å². The Morgan fingerprint density at radius 2 is 2.60 bits per heavy atom. The van der Waals surface area contributed by atoms with Crippen molar-refractivity contribution in [3.05, 3.63) is 0 Å². The topological polar surface area (TPSA) is 27.6 Å². The first-order valence-corrected chi connectivity index (χ1v) is 4.44. The molecular weight excluding hydrogens is 194 g/mol. The SMILES string of the molecule is CCCCN1C=NNC1Br. The number of nitrogens with one attached hydrogen (secondary N) is 1. The van der Waals surface area contributed by atoms with Gasteiger partial charge in [0.05, 0.1) is 0 Å². The zero-order valence-electron chi connectivity index (χ0n) is 6.05. The number of unbranched alkanes of at least 4 members (excludes halogenated alkanes) is 1. The van der Waals surface area contributed by atoms with Crippen LogP contribution in [0.2, 0.25) is 0 Å². The van der Waals surface area contributed by atoms with Crippen LogP contribution >= 0.6 is 15.9 Å². The maximum atomic E-state index is 3.90. The molecule has 1 unspecified atom stereocenters. The number of hydrogen-bond acceptors (Lipinski definition) is 3. The van der Waals surface area contributed by atoms with Crippen LogP contribution in [0.1, 0.15) is 19.8 Å². The Bertz CT molecular complexity index is 126. The van der Waals surface area contributed by atoms with Gasteiger partial charge in [-0.3, -0.25) is 5.43 Å². The number of hydrogen-bond donors (Lipinski definition) is 1. The van der Waals surface area contributed by atoms with Crippen LogP contribution in [0.5, 0.6) is 0 Å². The quantitative estimate of drug-likeness (QED) is 0.557. The third-order valence-corrected chi connectivity index (χ3v) is 2.18. The maximum Gasteiger partial charge on any atom is 0.172 e. The summed E-state index contributed by atoms with van der Waals surface area (Å²) >= 11 is 3.42. The van der Waals surface area contributed by atoms with Crippen LogP contribution in [0.3, 0.4) is 0 Å². The number of halogens is 1. The average Bonchev–Trinajstić information content (AvgIpc) is 2.31. The molecule has 1 rings (SSSR count). The van der Waals surface area contributed by atoms with Gasteiger partial charge in [-0.25, -0.2) is 0 Å². The van der Waals surface area contributed by atoms with E-state index in [0.29, 0.717) is 0 Å². The highest BCUT2D eigenvalue weighted by Gasteiger charge is 2.14. The molecule has 0 aliphatic carbocycles. The molecule has 0 spiro atoms. The van der Waals surface area contributed by atoms with Gasteiger partial charge in [-0.1, -0.05) is 13.3 Å². The van der Waals surface area contributed by atoms with E-state index in [1.54, 1.807) is 0 Å². The van der Waals surface area contributed by atoms with Crippen molar-refractivity contribution >= 4 is 22.3 Å². The highest BCUT2D eigenvalue weighted by atomic mass is 79.9. The fourth-order valence-corrected chi connectivity index (χ4v) is 1.24. The Balaban J connectivity index is 2.20. The fraction of sp³-hybridized carbons (Fsp3) is 0.833. The summed E-state index contributed by atoms with van der Waals surface area (Å²) in [7, 11) is 0. The average molecular weight is 206 g/mol. The van der Waals surface area contributed by atoms with Crippen molar-refractivity contribution in [2.75, 3.05) is 6.54 Å². The first kappa shape index (κ1) is 7.85. The zero-order valence-corrected chi connectivity index (χ0v) is 7.63. The zero-order chi connectivity index (χ0) is 7.40. The Morgan fingerprint density at radius 1 is 1.80 bits per heavy atom. The molecule has 0 radical (unpaired) electrons. The first-order chi connectivity index (χ1) is 4.84. The molecule has 58 valence electrons. The monoisotopic (exact) mass is 205 g/mol. The van der Waals surface area contributed by atoms with Crippen LogP contribution in [-0.2, 0) is 0 Å². The van der Waals surface area contributed by atoms with Crippen LogP contribution in [0.25, 0.3) is 0 Å². The number of nitrogens with zero attached hydrogens (tertiary/aromatic N) is 2. The molecule has 3 nitrogen and oxygen atoms in total. The number of hydrazone groups is 1. The molecule has 0 saturated carbocycles. The second kappa shape index (κ2) is 3.81. The van der Waals surface area contributed by atoms with E-state index in [1.807, 2.05) is 6.34 Å². The highest BCUT2D eigenvalue weighted by molar-refractivity contribution is 9.09. The minimum atomic E-state index is 0.207. The van der Waals surface area contributed by atoms with Gasteiger partial charge in [0.15, 0.2) is 5.08 Å². The van der Waals surface area contributed by atoms with Gasteiger partial charge < -0.3 is 4.90 Å². The van der Waals surface area contributed by atoms with Gasteiger partial charge in [0.1, 0.15) is 6.34 Å². The number of rotatable bonds is 3. The Morgan fingerprint density at radius 3 is 3.10 bits per heavy atom. The lowest BCUT2D eigenvalue weighted by molar-refractivity contribution is 0.397. The van der Waals surface area contributed by atoms with Crippen molar-refractivity contribution in [2.45, 2.75) is 24.8 Å². The van der Waals surface area contributed by atoms with E-state index in [4.69, 9.17) is 0 Å². The molecule has 0 fully saturated rings. The Hall–Kier alpha value is -0.250. The molecule has 1 heterocycles. The molecular formula is C6H12BrN3. The molecule has 1 N–H and O–H groups in total. The molecule has 1 aliphatic heterocycles. The predicted octanol–water partition coefficient (Wildman–Crippen LogP) is 1.31. The summed E-state index contributed by atoms with van der Waals surface area (Å²) < 4.78 is 0. The van der Waals surface area contributed by atoms with Crippen molar-refractivity contribution in [3.8, 4) is 0 Å². The van der Waals surface area contributed by atoms with Crippen LogP contribution in [0, 0.1) is 0 Å². The normalized spacial score (nSPS) is 23.4. The van der Waals surface area contributed by atoms with E-state index in [1.165, 1.54) is 12.8 Å². The molecule has 10 heavy (non-hydrogen) atoms. The third-order valence-electron chi connectivity index (χ3n) is 1.45. The molecule has 0 amide bonds. The minimum Gasteiger partial charge on any atom is -0.331 e. The lowest BCUT2D eigenvalue weighted by atomic mass is 10.3. The van der Waals surface area contributed by atoms with E-state index in [0.717, 1.165) is 6.54 Å². The fourth-order valence-electron chi connectivity index (χ4n) is 0.813. The van der Waals surface area contributed by atoms with Gasteiger partial charge in [-0.05, 0) is 22.4 Å². The van der Waals surface area contributed by atoms with E-state index in [-0.39, 0.29) is 5.08 Å². The molecule has 4 heteroatoms. The first-order valence-electron chi connectivity index (χ1n) is 3.53. The van der Waals surface area contributed by atoms with Gasteiger partial charge in [0, 0.05) is 6.54 Å². The van der Waals surface area contributed by atoms with Gasteiger partial charge >= 0.3 is 0 Å². The van der Waals surface area contributed by atoms with Crippen molar-refractivity contribution in [3.63, 3.8) is 0 Å². The summed E-state index contributed by atoms with van der Waals surface area (Å²) in [5, 5.41) is 4.11. The van der Waals surface area contributed by atoms with E-state index in [9.17, 15) is 0 Å². The smallest absolute Gasteiger partial charge is 0.172 e. The highest BCUT2D eigenvalue weighted by Crippen LogP contribution is 2.07. The summed E-state index contributed by atoms with van der Waals surface area (Å²) in [6, 6.07) is 0. The van der Waals surface area contributed by atoms with Crippen LogP contribution in [0.15, 0.2) is 5.10 Å².